The predicted octanol–water partition coefficient (Wildman–Crippen LogP) is 4.68. The minimum atomic E-state index is -4.59. The maximum atomic E-state index is 13.0. The Morgan fingerprint density at radius 3 is 2.61 bits per heavy atom. The summed E-state index contributed by atoms with van der Waals surface area (Å²) in [6.45, 7) is 1.84. The molecule has 13 heteroatoms. The van der Waals surface area contributed by atoms with Gasteiger partial charge in [-0.05, 0) is 54.7 Å². The average molecular weight is 562 g/mol. The van der Waals surface area contributed by atoms with Crippen LogP contribution in [0.3, 0.4) is 0 Å². The molecule has 0 saturated heterocycles. The van der Waals surface area contributed by atoms with Gasteiger partial charge < -0.3 is 15.1 Å². The van der Waals surface area contributed by atoms with Crippen molar-refractivity contribution in [2.24, 2.45) is 0 Å². The molecule has 0 spiro atoms. The van der Waals surface area contributed by atoms with Gasteiger partial charge in [0.25, 0.3) is 11.8 Å². The summed E-state index contributed by atoms with van der Waals surface area (Å²) in [6.07, 6.45) is -1.98. The monoisotopic (exact) mass is 561 g/mol. The van der Waals surface area contributed by atoms with E-state index < -0.39 is 23.8 Å². The topological polar surface area (TPSA) is 139 Å². The first-order valence-electron chi connectivity index (χ1n) is 12.7. The number of furan rings is 1. The summed E-state index contributed by atoms with van der Waals surface area (Å²) >= 11 is 0. The van der Waals surface area contributed by atoms with Gasteiger partial charge in [-0.1, -0.05) is 24.3 Å². The van der Waals surface area contributed by atoms with Gasteiger partial charge in [-0.2, -0.15) is 18.3 Å². The summed E-state index contributed by atoms with van der Waals surface area (Å²) in [7, 11) is 0. The van der Waals surface area contributed by atoms with Gasteiger partial charge in [-0.25, -0.2) is 15.0 Å². The number of nitrogens with one attached hydrogen (secondary N) is 3. The quantitative estimate of drug-likeness (QED) is 0.274. The molecule has 10 nitrogen and oxygen atoms in total. The molecule has 1 atom stereocenters. The Balaban J connectivity index is 1.10. The van der Waals surface area contributed by atoms with Gasteiger partial charge in [0.15, 0.2) is 5.82 Å². The number of aryl methyl sites for hydroxylation is 2. The van der Waals surface area contributed by atoms with Crippen LogP contribution in [-0.2, 0) is 19.1 Å². The van der Waals surface area contributed by atoms with Crippen LogP contribution in [0.4, 0.5) is 13.2 Å². The molecule has 0 fully saturated rings. The van der Waals surface area contributed by atoms with Crippen molar-refractivity contribution in [3.63, 3.8) is 0 Å². The van der Waals surface area contributed by atoms with E-state index in [1.54, 1.807) is 6.07 Å². The minimum absolute atomic E-state index is 0.0105. The van der Waals surface area contributed by atoms with E-state index in [-0.39, 0.29) is 29.6 Å². The number of fused-ring (bicyclic) bond motifs is 2. The van der Waals surface area contributed by atoms with Crippen molar-refractivity contribution in [2.45, 2.75) is 38.5 Å². The third kappa shape index (κ3) is 5.38. The summed E-state index contributed by atoms with van der Waals surface area (Å²) < 4.78 is 43.6. The second-order valence-corrected chi connectivity index (χ2v) is 9.67. The number of rotatable bonds is 6. The first-order chi connectivity index (χ1) is 19.6. The molecule has 1 aliphatic carbocycles. The van der Waals surface area contributed by atoms with Gasteiger partial charge in [0.05, 0.1) is 6.04 Å². The summed E-state index contributed by atoms with van der Waals surface area (Å²) in [6, 6.07) is 12.4. The molecule has 2 amide bonds. The van der Waals surface area contributed by atoms with Crippen LogP contribution >= 0.6 is 0 Å². The van der Waals surface area contributed by atoms with E-state index in [9.17, 15) is 22.8 Å². The number of benzene rings is 2. The lowest BCUT2D eigenvalue weighted by atomic mass is 10.0. The third-order valence-electron chi connectivity index (χ3n) is 6.83. The number of aromatic amines is 1. The Hall–Kier alpha value is -5.07. The van der Waals surface area contributed by atoms with Gasteiger partial charge in [-0.3, -0.25) is 14.7 Å². The van der Waals surface area contributed by atoms with E-state index in [4.69, 9.17) is 4.42 Å². The molecule has 3 N–H and O–H groups in total. The molecule has 5 aromatic rings. The van der Waals surface area contributed by atoms with Crippen LogP contribution in [-0.4, -0.2) is 37.0 Å². The highest BCUT2D eigenvalue weighted by molar-refractivity contribution is 5.97. The maximum Gasteiger partial charge on any atom is 0.449 e. The molecular formula is C28H22F3N7O3. The molecule has 3 aromatic heterocycles. The number of carbonyl (C=O) groups excluding carboxylic acids is 2. The van der Waals surface area contributed by atoms with Crippen molar-refractivity contribution in [3.8, 4) is 11.4 Å². The van der Waals surface area contributed by atoms with Gasteiger partial charge in [0, 0.05) is 23.6 Å². The largest absolute Gasteiger partial charge is 0.451 e. The second kappa shape index (κ2) is 10.2. The van der Waals surface area contributed by atoms with Crippen molar-refractivity contribution >= 4 is 22.8 Å². The smallest absolute Gasteiger partial charge is 0.449 e. The summed E-state index contributed by atoms with van der Waals surface area (Å²) in [5.41, 5.74) is 3.58. The Labute approximate surface area is 230 Å². The third-order valence-corrected chi connectivity index (χ3v) is 6.83. The molecule has 1 aliphatic rings. The van der Waals surface area contributed by atoms with Gasteiger partial charge in [-0.15, -0.1) is 0 Å². The molecule has 2 aromatic carbocycles. The molecular weight excluding hydrogens is 539 g/mol. The number of aromatic nitrogens is 5. The highest BCUT2D eigenvalue weighted by Crippen LogP contribution is 2.35. The second-order valence-electron chi connectivity index (χ2n) is 9.67. The van der Waals surface area contributed by atoms with Crippen LogP contribution < -0.4 is 10.6 Å². The van der Waals surface area contributed by atoms with Crippen molar-refractivity contribution in [2.75, 3.05) is 0 Å². The molecule has 0 unspecified atom stereocenters. The lowest BCUT2D eigenvalue weighted by Crippen LogP contribution is -2.29. The van der Waals surface area contributed by atoms with Crippen LogP contribution in [0.5, 0.6) is 0 Å². The molecule has 0 aliphatic heterocycles. The maximum absolute atomic E-state index is 13.0. The Morgan fingerprint density at radius 1 is 1.05 bits per heavy atom. The lowest BCUT2D eigenvalue weighted by Gasteiger charge is -2.14. The van der Waals surface area contributed by atoms with Crippen molar-refractivity contribution < 1.29 is 27.2 Å². The van der Waals surface area contributed by atoms with Gasteiger partial charge >= 0.3 is 6.18 Å². The Kier molecular flexibility index (Phi) is 6.48. The van der Waals surface area contributed by atoms with Crippen LogP contribution in [0.1, 0.15) is 61.7 Å². The van der Waals surface area contributed by atoms with E-state index in [1.165, 1.54) is 18.2 Å². The SMILES string of the molecule is Cc1nc(-c2ccc3c(c2)CC[C@@H]3NC(=O)c2cc(C(=O)NCc3ccc4cc(C(F)(F)F)oc4c3)ncn2)n[nH]1. The van der Waals surface area contributed by atoms with E-state index >= 15 is 0 Å². The molecule has 0 saturated carbocycles. The highest BCUT2D eigenvalue weighted by atomic mass is 19.4. The van der Waals surface area contributed by atoms with Gasteiger partial charge in [0.1, 0.15) is 29.1 Å². The zero-order valence-electron chi connectivity index (χ0n) is 21.5. The van der Waals surface area contributed by atoms with E-state index in [1.807, 2.05) is 25.1 Å². The zero-order chi connectivity index (χ0) is 28.7. The summed E-state index contributed by atoms with van der Waals surface area (Å²) in [4.78, 5) is 38.1. The first-order valence-corrected chi connectivity index (χ1v) is 12.7. The number of nitrogens with zero attached hydrogens (tertiary/aromatic N) is 4. The molecule has 208 valence electrons. The zero-order valence-corrected chi connectivity index (χ0v) is 21.5. The Morgan fingerprint density at radius 2 is 1.85 bits per heavy atom. The average Bonchev–Trinajstić information content (AvgIpc) is 3.69. The fourth-order valence-electron chi connectivity index (χ4n) is 4.81. The fraction of sp³-hybridized carbons (Fsp3) is 0.214. The molecule has 0 bridgehead atoms. The normalized spacial score (nSPS) is 14.7. The van der Waals surface area contributed by atoms with Crippen molar-refractivity contribution in [1.82, 2.24) is 35.8 Å². The number of hydrogen-bond acceptors (Lipinski definition) is 7. The van der Waals surface area contributed by atoms with Gasteiger partial charge in [0.2, 0.25) is 5.76 Å². The predicted molar refractivity (Wildman–Crippen MR) is 140 cm³/mol. The summed E-state index contributed by atoms with van der Waals surface area (Å²) in [5, 5.41) is 13.0. The van der Waals surface area contributed by atoms with Crippen LogP contribution in [0, 0.1) is 6.92 Å². The first kappa shape index (κ1) is 26.2. The van der Waals surface area contributed by atoms with E-state index in [0.717, 1.165) is 41.3 Å². The standard InChI is InChI=1S/C28H22F3N7O3/c1-14-35-25(38-37-14)18-4-6-19-16(9-18)5-7-20(19)36-27(40)22-11-21(33-13-34-22)26(39)32-12-15-2-3-17-10-24(28(29,30)31)41-23(17)8-15/h2-4,6,8-11,13,20H,5,7,12H2,1H3,(H,32,39)(H,36,40)(H,35,37,38)/t20-/m0/s1. The number of amides is 2. The molecule has 6 rings (SSSR count). The fourth-order valence-corrected chi connectivity index (χ4v) is 4.81. The van der Waals surface area contributed by atoms with E-state index in [0.29, 0.717) is 23.2 Å². The van der Waals surface area contributed by atoms with Crippen LogP contribution in [0.25, 0.3) is 22.4 Å². The molecule has 0 radical (unpaired) electrons. The van der Waals surface area contributed by atoms with E-state index in [2.05, 4.69) is 35.8 Å². The van der Waals surface area contributed by atoms with Crippen molar-refractivity contribution in [3.05, 3.63) is 94.5 Å². The Bertz CT molecular complexity index is 1790. The number of carbonyl (C=O) groups is 2. The minimum Gasteiger partial charge on any atom is -0.451 e. The van der Waals surface area contributed by atoms with Crippen LogP contribution in [0.2, 0.25) is 0 Å². The van der Waals surface area contributed by atoms with Crippen molar-refractivity contribution in [1.29, 1.82) is 0 Å². The van der Waals surface area contributed by atoms with Crippen LogP contribution in [0.15, 0.2) is 59.3 Å². The summed E-state index contributed by atoms with van der Waals surface area (Å²) in [5.74, 6) is -0.772. The number of halogens is 3. The number of alkyl halides is 3. The molecule has 3 heterocycles. The number of H-pyrrole nitrogens is 1. The highest BCUT2D eigenvalue weighted by Gasteiger charge is 2.35. The number of hydrogen-bond donors (Lipinski definition) is 3. The molecule has 41 heavy (non-hydrogen) atoms. The lowest BCUT2D eigenvalue weighted by molar-refractivity contribution is -0.152.